The summed E-state index contributed by atoms with van der Waals surface area (Å²) in [5.41, 5.74) is 0.572. The second-order valence-corrected chi connectivity index (χ2v) is 7.66. The van der Waals surface area contributed by atoms with E-state index in [4.69, 9.17) is 14.2 Å². The highest BCUT2D eigenvalue weighted by atomic mass is 32.2. The topological polar surface area (TPSA) is 125 Å². The minimum atomic E-state index is -0.740. The molecule has 1 fully saturated rings. The van der Waals surface area contributed by atoms with Crippen molar-refractivity contribution in [1.29, 1.82) is 0 Å². The highest BCUT2D eigenvalue weighted by Gasteiger charge is 2.37. The van der Waals surface area contributed by atoms with Crippen LogP contribution in [0.1, 0.15) is 18.1 Å². The molecule has 3 rings (SSSR count). The SMILES string of the molecule is CCOC(=O)CN1C(=O)S/C(=C/c2cc(OC)c(OCc3ccccc3)cc2[N+](=O)[O-])C1=O. The van der Waals surface area contributed by atoms with Crippen LogP contribution < -0.4 is 9.47 Å². The van der Waals surface area contributed by atoms with E-state index in [-0.39, 0.29) is 40.9 Å². The molecule has 11 heteroatoms. The van der Waals surface area contributed by atoms with Crippen LogP contribution in [0, 0.1) is 10.1 Å². The normalized spacial score (nSPS) is 14.5. The van der Waals surface area contributed by atoms with Gasteiger partial charge in [-0.25, -0.2) is 0 Å². The quantitative estimate of drug-likeness (QED) is 0.232. The predicted molar refractivity (Wildman–Crippen MR) is 120 cm³/mol. The number of nitro groups is 1. The maximum absolute atomic E-state index is 12.6. The van der Waals surface area contributed by atoms with Crippen LogP contribution in [-0.4, -0.2) is 47.2 Å². The number of thioether (sulfide) groups is 1. The van der Waals surface area contributed by atoms with E-state index in [2.05, 4.69) is 0 Å². The first-order chi connectivity index (χ1) is 15.8. The fourth-order valence-electron chi connectivity index (χ4n) is 2.96. The summed E-state index contributed by atoms with van der Waals surface area (Å²) in [6.07, 6.45) is 1.22. The van der Waals surface area contributed by atoms with Crippen LogP contribution in [0.4, 0.5) is 10.5 Å². The number of carbonyl (C=O) groups is 3. The Morgan fingerprint density at radius 3 is 2.55 bits per heavy atom. The Balaban J connectivity index is 1.90. The predicted octanol–water partition coefficient (Wildman–Crippen LogP) is 3.78. The summed E-state index contributed by atoms with van der Waals surface area (Å²) < 4.78 is 15.8. The van der Waals surface area contributed by atoms with Gasteiger partial charge in [0.25, 0.3) is 16.8 Å². The minimum Gasteiger partial charge on any atom is -0.493 e. The van der Waals surface area contributed by atoms with Crippen molar-refractivity contribution >= 4 is 40.6 Å². The molecule has 0 saturated carbocycles. The first-order valence-corrected chi connectivity index (χ1v) is 10.6. The monoisotopic (exact) mass is 472 g/mol. The molecule has 2 amide bonds. The van der Waals surface area contributed by atoms with Gasteiger partial charge in [-0.1, -0.05) is 30.3 Å². The Bertz CT molecular complexity index is 1120. The van der Waals surface area contributed by atoms with E-state index in [9.17, 15) is 24.5 Å². The molecule has 0 N–H and O–H groups in total. The Kier molecular flexibility index (Phi) is 7.67. The lowest BCUT2D eigenvalue weighted by Gasteiger charge is -2.12. The molecule has 0 spiro atoms. The van der Waals surface area contributed by atoms with Crippen LogP contribution in [0.3, 0.4) is 0 Å². The van der Waals surface area contributed by atoms with E-state index in [1.54, 1.807) is 6.92 Å². The fraction of sp³-hybridized carbons (Fsp3) is 0.227. The van der Waals surface area contributed by atoms with Gasteiger partial charge in [0.05, 0.1) is 35.2 Å². The Hall–Kier alpha value is -3.86. The summed E-state index contributed by atoms with van der Waals surface area (Å²) in [7, 11) is 1.38. The fourth-order valence-corrected chi connectivity index (χ4v) is 3.79. The highest BCUT2D eigenvalue weighted by Crippen LogP contribution is 2.39. The number of nitro benzene ring substituents is 1. The molecule has 33 heavy (non-hydrogen) atoms. The van der Waals surface area contributed by atoms with E-state index in [0.29, 0.717) is 11.8 Å². The summed E-state index contributed by atoms with van der Waals surface area (Å²) in [5, 5.41) is 11.0. The first kappa shape index (κ1) is 23.8. The summed E-state index contributed by atoms with van der Waals surface area (Å²) in [4.78, 5) is 48.2. The van der Waals surface area contributed by atoms with Crippen LogP contribution in [0.15, 0.2) is 47.4 Å². The molecular weight excluding hydrogens is 452 g/mol. The highest BCUT2D eigenvalue weighted by molar-refractivity contribution is 8.18. The maximum Gasteiger partial charge on any atom is 0.326 e. The van der Waals surface area contributed by atoms with Crippen molar-refractivity contribution in [3.63, 3.8) is 0 Å². The number of hydrogen-bond acceptors (Lipinski definition) is 9. The molecule has 0 aromatic heterocycles. The third kappa shape index (κ3) is 5.69. The summed E-state index contributed by atoms with van der Waals surface area (Å²) >= 11 is 0.578. The van der Waals surface area contributed by atoms with Crippen molar-refractivity contribution < 1.29 is 33.5 Å². The molecule has 1 aliphatic rings. The molecule has 0 atom stereocenters. The lowest BCUT2D eigenvalue weighted by Crippen LogP contribution is -2.34. The van der Waals surface area contributed by atoms with Crippen molar-refractivity contribution in [2.75, 3.05) is 20.3 Å². The van der Waals surface area contributed by atoms with Gasteiger partial charge >= 0.3 is 5.97 Å². The van der Waals surface area contributed by atoms with Gasteiger partial charge in [-0.05, 0) is 36.4 Å². The van der Waals surface area contributed by atoms with Crippen LogP contribution in [0.25, 0.3) is 6.08 Å². The van der Waals surface area contributed by atoms with Gasteiger partial charge in [-0.15, -0.1) is 0 Å². The molecule has 1 saturated heterocycles. The van der Waals surface area contributed by atoms with E-state index < -0.39 is 28.6 Å². The lowest BCUT2D eigenvalue weighted by molar-refractivity contribution is -0.385. The van der Waals surface area contributed by atoms with Crippen molar-refractivity contribution in [3.8, 4) is 11.5 Å². The Labute approximate surface area is 193 Å². The number of imide groups is 1. The zero-order valence-corrected chi connectivity index (χ0v) is 18.6. The van der Waals surface area contributed by atoms with Gasteiger partial charge in [-0.2, -0.15) is 0 Å². The number of methoxy groups -OCH3 is 1. The number of ether oxygens (including phenoxy) is 3. The van der Waals surface area contributed by atoms with Crippen LogP contribution in [-0.2, 0) is 20.9 Å². The van der Waals surface area contributed by atoms with E-state index in [1.165, 1.54) is 25.3 Å². The second kappa shape index (κ2) is 10.6. The van der Waals surface area contributed by atoms with Crippen molar-refractivity contribution in [3.05, 3.63) is 68.6 Å². The van der Waals surface area contributed by atoms with E-state index in [1.807, 2.05) is 30.3 Å². The average Bonchev–Trinajstić information content (AvgIpc) is 3.05. The van der Waals surface area contributed by atoms with Crippen molar-refractivity contribution in [2.24, 2.45) is 0 Å². The van der Waals surface area contributed by atoms with Gasteiger partial charge in [0.2, 0.25) is 0 Å². The van der Waals surface area contributed by atoms with Crippen molar-refractivity contribution in [2.45, 2.75) is 13.5 Å². The summed E-state index contributed by atoms with van der Waals surface area (Å²) in [6, 6.07) is 11.8. The zero-order chi connectivity index (χ0) is 24.0. The molecule has 0 aliphatic carbocycles. The van der Waals surface area contributed by atoms with E-state index in [0.717, 1.165) is 10.5 Å². The molecule has 2 aromatic rings. The van der Waals surface area contributed by atoms with Gasteiger partial charge < -0.3 is 14.2 Å². The zero-order valence-electron chi connectivity index (χ0n) is 17.8. The van der Waals surface area contributed by atoms with Crippen LogP contribution >= 0.6 is 11.8 Å². The van der Waals surface area contributed by atoms with Gasteiger partial charge in [0, 0.05) is 0 Å². The molecule has 0 unspecified atom stereocenters. The van der Waals surface area contributed by atoms with E-state index >= 15 is 0 Å². The van der Waals surface area contributed by atoms with Crippen LogP contribution in [0.2, 0.25) is 0 Å². The van der Waals surface area contributed by atoms with Gasteiger partial charge in [0.15, 0.2) is 11.5 Å². The molecule has 1 heterocycles. The van der Waals surface area contributed by atoms with Crippen LogP contribution in [0.5, 0.6) is 11.5 Å². The number of hydrogen-bond donors (Lipinski definition) is 0. The largest absolute Gasteiger partial charge is 0.493 e. The molecule has 172 valence electrons. The molecular formula is C22H20N2O8S. The Morgan fingerprint density at radius 2 is 1.91 bits per heavy atom. The molecule has 10 nitrogen and oxygen atoms in total. The molecule has 0 radical (unpaired) electrons. The summed E-state index contributed by atoms with van der Waals surface area (Å²) in [5.74, 6) is -1.10. The second-order valence-electron chi connectivity index (χ2n) is 6.67. The standard InChI is InChI=1S/C22H20N2O8S/c1-3-31-20(25)12-23-21(26)19(33-22(23)27)10-15-9-17(30-2)18(11-16(15)24(28)29)32-13-14-7-5-4-6-8-14/h4-11H,3,12-13H2,1-2H3/b19-10+. The Morgan fingerprint density at radius 1 is 1.18 bits per heavy atom. The number of carbonyl (C=O) groups excluding carboxylic acids is 3. The number of benzene rings is 2. The number of esters is 1. The molecule has 1 aliphatic heterocycles. The van der Waals surface area contributed by atoms with Gasteiger partial charge in [-0.3, -0.25) is 29.4 Å². The minimum absolute atomic E-state index is 0.0468. The molecule has 0 bridgehead atoms. The number of nitrogens with zero attached hydrogens (tertiary/aromatic N) is 2. The van der Waals surface area contributed by atoms with Crippen molar-refractivity contribution in [1.82, 2.24) is 4.90 Å². The average molecular weight is 472 g/mol. The number of rotatable bonds is 9. The van der Waals surface area contributed by atoms with Gasteiger partial charge in [0.1, 0.15) is 13.2 Å². The maximum atomic E-state index is 12.6. The third-order valence-corrected chi connectivity index (χ3v) is 5.41. The number of amides is 2. The lowest BCUT2D eigenvalue weighted by atomic mass is 10.1. The first-order valence-electron chi connectivity index (χ1n) is 9.78. The molecule has 2 aromatic carbocycles. The smallest absolute Gasteiger partial charge is 0.326 e. The third-order valence-electron chi connectivity index (χ3n) is 4.50. The summed E-state index contributed by atoms with van der Waals surface area (Å²) in [6.45, 7) is 1.34.